The van der Waals surface area contributed by atoms with Crippen LogP contribution in [0.4, 0.5) is 5.13 Å². The Hall–Kier alpha value is -0.610. The highest BCUT2D eigenvalue weighted by Crippen LogP contribution is 2.16. The van der Waals surface area contributed by atoms with Crippen LogP contribution in [-0.4, -0.2) is 24.6 Å². The van der Waals surface area contributed by atoms with E-state index < -0.39 is 0 Å². The summed E-state index contributed by atoms with van der Waals surface area (Å²) in [6, 6.07) is 0. The predicted octanol–water partition coefficient (Wildman–Crippen LogP) is 1.86. The fourth-order valence-electron chi connectivity index (χ4n) is 1.78. The van der Waals surface area contributed by atoms with Crippen LogP contribution >= 0.6 is 11.3 Å². The summed E-state index contributed by atoms with van der Waals surface area (Å²) in [5.74, 6) is 0.864. The molecule has 2 heterocycles. The minimum absolute atomic E-state index is 0.864. The SMILES string of the molecule is Cc1csc(NCCC2CCNC2)n1. The molecule has 1 aromatic heterocycles. The molecule has 2 N–H and O–H groups in total. The number of thiazole rings is 1. The number of anilines is 1. The van der Waals surface area contributed by atoms with E-state index in [9.17, 15) is 0 Å². The van der Waals surface area contributed by atoms with Gasteiger partial charge in [-0.15, -0.1) is 11.3 Å². The Labute approximate surface area is 88.9 Å². The first-order valence-electron chi connectivity index (χ1n) is 5.21. The summed E-state index contributed by atoms with van der Waals surface area (Å²) in [7, 11) is 0. The smallest absolute Gasteiger partial charge is 0.182 e. The molecular weight excluding hydrogens is 194 g/mol. The molecule has 0 spiro atoms. The van der Waals surface area contributed by atoms with Crippen molar-refractivity contribution in [1.82, 2.24) is 10.3 Å². The number of nitrogens with zero attached hydrogens (tertiary/aromatic N) is 1. The van der Waals surface area contributed by atoms with E-state index in [0.29, 0.717) is 0 Å². The first-order valence-corrected chi connectivity index (χ1v) is 6.09. The third-order valence-corrected chi connectivity index (χ3v) is 3.53. The lowest BCUT2D eigenvalue weighted by atomic mass is 10.1. The topological polar surface area (TPSA) is 37.0 Å². The van der Waals surface area contributed by atoms with Crippen LogP contribution in [0, 0.1) is 12.8 Å². The third-order valence-electron chi connectivity index (χ3n) is 2.61. The molecule has 0 bridgehead atoms. The van der Waals surface area contributed by atoms with Crippen molar-refractivity contribution in [1.29, 1.82) is 0 Å². The van der Waals surface area contributed by atoms with Crippen LogP contribution in [0.2, 0.25) is 0 Å². The molecule has 0 aliphatic carbocycles. The molecule has 1 fully saturated rings. The Balaban J connectivity index is 1.67. The van der Waals surface area contributed by atoms with Gasteiger partial charge in [0.2, 0.25) is 0 Å². The van der Waals surface area contributed by atoms with E-state index in [4.69, 9.17) is 0 Å². The Morgan fingerprint density at radius 1 is 1.71 bits per heavy atom. The second kappa shape index (κ2) is 4.75. The maximum absolute atomic E-state index is 4.37. The summed E-state index contributed by atoms with van der Waals surface area (Å²) in [5, 5.41) is 9.90. The summed E-state index contributed by atoms with van der Waals surface area (Å²) >= 11 is 1.69. The monoisotopic (exact) mass is 211 g/mol. The van der Waals surface area contributed by atoms with E-state index in [1.165, 1.54) is 25.9 Å². The number of hydrogen-bond donors (Lipinski definition) is 2. The molecule has 3 nitrogen and oxygen atoms in total. The lowest BCUT2D eigenvalue weighted by molar-refractivity contribution is 0.549. The van der Waals surface area contributed by atoms with Crippen molar-refractivity contribution in [3.8, 4) is 0 Å². The molecule has 78 valence electrons. The van der Waals surface area contributed by atoms with E-state index in [0.717, 1.165) is 23.3 Å². The Kier molecular flexibility index (Phi) is 3.37. The van der Waals surface area contributed by atoms with Crippen molar-refractivity contribution in [3.05, 3.63) is 11.1 Å². The molecule has 0 radical (unpaired) electrons. The van der Waals surface area contributed by atoms with Crippen molar-refractivity contribution >= 4 is 16.5 Å². The van der Waals surface area contributed by atoms with E-state index >= 15 is 0 Å². The highest BCUT2D eigenvalue weighted by Gasteiger charge is 2.13. The van der Waals surface area contributed by atoms with Gasteiger partial charge in [-0.05, 0) is 38.8 Å². The number of aryl methyl sites for hydroxylation is 1. The molecule has 1 unspecified atom stereocenters. The van der Waals surface area contributed by atoms with Gasteiger partial charge < -0.3 is 10.6 Å². The van der Waals surface area contributed by atoms with Crippen molar-refractivity contribution < 1.29 is 0 Å². The van der Waals surface area contributed by atoms with E-state index in [2.05, 4.69) is 21.0 Å². The maximum atomic E-state index is 4.37. The minimum Gasteiger partial charge on any atom is -0.362 e. The van der Waals surface area contributed by atoms with Gasteiger partial charge in [0.05, 0.1) is 5.69 Å². The molecule has 14 heavy (non-hydrogen) atoms. The maximum Gasteiger partial charge on any atom is 0.182 e. The van der Waals surface area contributed by atoms with E-state index in [-0.39, 0.29) is 0 Å². The highest BCUT2D eigenvalue weighted by molar-refractivity contribution is 7.13. The zero-order valence-corrected chi connectivity index (χ0v) is 9.36. The Bertz CT molecular complexity index is 279. The van der Waals surface area contributed by atoms with Crippen molar-refractivity contribution in [2.45, 2.75) is 19.8 Å². The van der Waals surface area contributed by atoms with Crippen LogP contribution in [0.25, 0.3) is 0 Å². The second-order valence-corrected chi connectivity index (χ2v) is 4.73. The zero-order valence-electron chi connectivity index (χ0n) is 8.55. The predicted molar refractivity (Wildman–Crippen MR) is 60.9 cm³/mol. The first-order chi connectivity index (χ1) is 6.84. The van der Waals surface area contributed by atoms with Crippen LogP contribution in [0.3, 0.4) is 0 Å². The molecule has 1 aromatic rings. The van der Waals surface area contributed by atoms with Crippen LogP contribution in [-0.2, 0) is 0 Å². The molecule has 1 atom stereocenters. The lowest BCUT2D eigenvalue weighted by Gasteiger charge is -2.07. The van der Waals surface area contributed by atoms with Gasteiger partial charge in [0, 0.05) is 11.9 Å². The summed E-state index contributed by atoms with van der Waals surface area (Å²) in [4.78, 5) is 4.37. The van der Waals surface area contributed by atoms with Gasteiger partial charge in [-0.25, -0.2) is 4.98 Å². The molecule has 1 aliphatic rings. The first kappa shape index (κ1) is 9.93. The Morgan fingerprint density at radius 2 is 2.64 bits per heavy atom. The molecule has 0 saturated carbocycles. The highest BCUT2D eigenvalue weighted by atomic mass is 32.1. The van der Waals surface area contributed by atoms with Gasteiger partial charge in [0.15, 0.2) is 5.13 Å². The van der Waals surface area contributed by atoms with Gasteiger partial charge in [-0.1, -0.05) is 0 Å². The molecule has 4 heteroatoms. The average Bonchev–Trinajstić information content (AvgIpc) is 2.77. The van der Waals surface area contributed by atoms with Crippen LogP contribution in [0.15, 0.2) is 5.38 Å². The fourth-order valence-corrected chi connectivity index (χ4v) is 2.50. The molecule has 1 saturated heterocycles. The fraction of sp³-hybridized carbons (Fsp3) is 0.700. The molecule has 0 amide bonds. The van der Waals surface area contributed by atoms with Crippen molar-refractivity contribution in [2.75, 3.05) is 25.0 Å². The summed E-state index contributed by atoms with van der Waals surface area (Å²) in [6.45, 7) is 5.47. The summed E-state index contributed by atoms with van der Waals surface area (Å²) < 4.78 is 0. The van der Waals surface area contributed by atoms with E-state index in [1.807, 2.05) is 6.92 Å². The largest absolute Gasteiger partial charge is 0.362 e. The van der Waals surface area contributed by atoms with Gasteiger partial charge in [0.25, 0.3) is 0 Å². The van der Waals surface area contributed by atoms with Gasteiger partial charge in [-0.2, -0.15) is 0 Å². The van der Waals surface area contributed by atoms with Crippen molar-refractivity contribution in [3.63, 3.8) is 0 Å². The number of hydrogen-bond acceptors (Lipinski definition) is 4. The third kappa shape index (κ3) is 2.69. The zero-order chi connectivity index (χ0) is 9.80. The number of nitrogens with one attached hydrogen (secondary N) is 2. The summed E-state index contributed by atoms with van der Waals surface area (Å²) in [5.41, 5.74) is 1.11. The molecular formula is C10H17N3S. The lowest BCUT2D eigenvalue weighted by Crippen LogP contribution is -2.12. The van der Waals surface area contributed by atoms with Crippen LogP contribution in [0.1, 0.15) is 18.5 Å². The van der Waals surface area contributed by atoms with Gasteiger partial charge >= 0.3 is 0 Å². The van der Waals surface area contributed by atoms with Crippen LogP contribution < -0.4 is 10.6 Å². The van der Waals surface area contributed by atoms with E-state index in [1.54, 1.807) is 11.3 Å². The summed E-state index contributed by atoms with van der Waals surface area (Å²) in [6.07, 6.45) is 2.59. The van der Waals surface area contributed by atoms with Crippen LogP contribution in [0.5, 0.6) is 0 Å². The second-order valence-electron chi connectivity index (χ2n) is 3.87. The number of rotatable bonds is 4. The quantitative estimate of drug-likeness (QED) is 0.798. The molecule has 0 aromatic carbocycles. The standard InChI is InChI=1S/C10H17N3S/c1-8-7-14-10(13-8)12-5-3-9-2-4-11-6-9/h7,9,11H,2-6H2,1H3,(H,12,13). The van der Waals surface area contributed by atoms with Gasteiger partial charge in [-0.3, -0.25) is 0 Å². The molecule has 1 aliphatic heterocycles. The van der Waals surface area contributed by atoms with Gasteiger partial charge in [0.1, 0.15) is 0 Å². The normalized spacial score (nSPS) is 21.4. The number of aromatic nitrogens is 1. The Morgan fingerprint density at radius 3 is 3.29 bits per heavy atom. The van der Waals surface area contributed by atoms with Crippen molar-refractivity contribution in [2.24, 2.45) is 5.92 Å². The minimum atomic E-state index is 0.864. The molecule has 2 rings (SSSR count). The average molecular weight is 211 g/mol.